The summed E-state index contributed by atoms with van der Waals surface area (Å²) in [6.45, 7) is 4.35. The van der Waals surface area contributed by atoms with E-state index in [2.05, 4.69) is 4.90 Å². The number of halogens is 2. The average Bonchev–Trinajstić information content (AvgIpc) is 3.16. The van der Waals surface area contributed by atoms with E-state index < -0.39 is 0 Å². The van der Waals surface area contributed by atoms with Gasteiger partial charge in [0.05, 0.1) is 11.6 Å². The second kappa shape index (κ2) is 8.69. The molecule has 0 aliphatic carbocycles. The maximum atomic E-state index is 13.8. The van der Waals surface area contributed by atoms with Gasteiger partial charge in [-0.3, -0.25) is 0 Å². The van der Waals surface area contributed by atoms with Crippen LogP contribution >= 0.6 is 23.8 Å². The molecule has 2 aromatic rings. The van der Waals surface area contributed by atoms with Crippen LogP contribution in [-0.4, -0.2) is 29.6 Å². The topological polar surface area (TPSA) is 21.7 Å². The lowest BCUT2D eigenvalue weighted by Crippen LogP contribution is -2.26. The van der Waals surface area contributed by atoms with Crippen LogP contribution in [-0.2, 0) is 6.61 Å². The van der Waals surface area contributed by atoms with Crippen LogP contribution in [0.25, 0.3) is 0 Å². The summed E-state index contributed by atoms with van der Waals surface area (Å²) in [5.41, 5.74) is 1.30. The van der Waals surface area contributed by atoms with Gasteiger partial charge in [0.25, 0.3) is 0 Å². The Morgan fingerprint density at radius 1 is 1.19 bits per heavy atom. The maximum absolute atomic E-state index is 13.8. The fourth-order valence-electron chi connectivity index (χ4n) is 2.96. The van der Waals surface area contributed by atoms with E-state index >= 15 is 0 Å². The Bertz CT molecular complexity index is 793. The molecule has 1 saturated heterocycles. The molecule has 26 heavy (non-hydrogen) atoms. The molecule has 3 nitrogen and oxygen atoms in total. The minimum Gasteiger partial charge on any atom is -0.490 e. The zero-order chi connectivity index (χ0) is 18.5. The number of likely N-dealkylation sites (tertiary alicyclic amines) is 1. The summed E-state index contributed by atoms with van der Waals surface area (Å²) < 4.78 is 25.3. The molecule has 0 saturated carbocycles. The number of thiocarbonyl (C=S) groups is 1. The van der Waals surface area contributed by atoms with Crippen molar-refractivity contribution < 1.29 is 13.9 Å². The zero-order valence-electron chi connectivity index (χ0n) is 14.6. The summed E-state index contributed by atoms with van der Waals surface area (Å²) in [5, 5.41) is 0.406. The first-order chi connectivity index (χ1) is 12.6. The molecule has 1 fully saturated rings. The molecule has 6 heteroatoms. The maximum Gasteiger partial charge on any atom is 0.180 e. The van der Waals surface area contributed by atoms with Crippen molar-refractivity contribution >= 4 is 28.8 Å². The van der Waals surface area contributed by atoms with Crippen molar-refractivity contribution in [1.29, 1.82) is 0 Å². The molecule has 0 aromatic heterocycles. The van der Waals surface area contributed by atoms with Gasteiger partial charge in [-0.15, -0.1) is 0 Å². The van der Waals surface area contributed by atoms with Crippen LogP contribution in [0.4, 0.5) is 4.39 Å². The van der Waals surface area contributed by atoms with Crippen molar-refractivity contribution in [1.82, 2.24) is 4.90 Å². The molecular formula is C20H21ClFNO2S. The molecule has 0 unspecified atom stereocenters. The van der Waals surface area contributed by atoms with Gasteiger partial charge in [-0.05, 0) is 38.0 Å². The molecule has 0 bridgehead atoms. The predicted molar refractivity (Wildman–Crippen MR) is 106 cm³/mol. The minimum atomic E-state index is -0.312. The largest absolute Gasteiger partial charge is 0.490 e. The number of ether oxygens (including phenoxy) is 2. The molecule has 138 valence electrons. The quantitative estimate of drug-likeness (QED) is 0.626. The van der Waals surface area contributed by atoms with Crippen molar-refractivity contribution in [3.8, 4) is 11.5 Å². The summed E-state index contributed by atoms with van der Waals surface area (Å²) >= 11 is 12.1. The Morgan fingerprint density at radius 2 is 1.92 bits per heavy atom. The van der Waals surface area contributed by atoms with Gasteiger partial charge >= 0.3 is 0 Å². The summed E-state index contributed by atoms with van der Waals surface area (Å²) in [4.78, 5) is 2.95. The highest BCUT2D eigenvalue weighted by Crippen LogP contribution is 2.38. The summed E-state index contributed by atoms with van der Waals surface area (Å²) in [6.07, 6.45) is 2.30. The molecule has 0 N–H and O–H groups in total. The molecule has 2 aromatic carbocycles. The van der Waals surface area contributed by atoms with Crippen LogP contribution in [0.2, 0.25) is 5.02 Å². The van der Waals surface area contributed by atoms with Gasteiger partial charge in [-0.1, -0.05) is 42.0 Å². The van der Waals surface area contributed by atoms with E-state index in [9.17, 15) is 4.39 Å². The Morgan fingerprint density at radius 3 is 2.62 bits per heavy atom. The van der Waals surface area contributed by atoms with E-state index in [0.29, 0.717) is 28.7 Å². The zero-order valence-corrected chi connectivity index (χ0v) is 16.2. The monoisotopic (exact) mass is 393 g/mol. The van der Waals surface area contributed by atoms with E-state index in [1.807, 2.05) is 13.0 Å². The van der Waals surface area contributed by atoms with Crippen LogP contribution in [0.3, 0.4) is 0 Å². The fraction of sp³-hybridized carbons (Fsp3) is 0.350. The smallest absolute Gasteiger partial charge is 0.180 e. The van der Waals surface area contributed by atoms with Gasteiger partial charge in [-0.25, -0.2) is 4.39 Å². The Hall–Kier alpha value is -1.85. The molecule has 0 amide bonds. The number of benzene rings is 2. The van der Waals surface area contributed by atoms with Gasteiger partial charge < -0.3 is 14.4 Å². The molecule has 3 rings (SSSR count). The highest BCUT2D eigenvalue weighted by molar-refractivity contribution is 7.80. The van der Waals surface area contributed by atoms with Crippen molar-refractivity contribution in [3.05, 3.63) is 58.4 Å². The molecule has 1 heterocycles. The van der Waals surface area contributed by atoms with Crippen molar-refractivity contribution in [2.75, 3.05) is 19.7 Å². The lowest BCUT2D eigenvalue weighted by Gasteiger charge is -2.21. The number of rotatable bonds is 6. The van der Waals surface area contributed by atoms with Gasteiger partial charge in [0.1, 0.15) is 17.4 Å². The van der Waals surface area contributed by atoms with Crippen molar-refractivity contribution in [2.45, 2.75) is 26.4 Å². The Kier molecular flexibility index (Phi) is 6.33. The first-order valence-electron chi connectivity index (χ1n) is 8.72. The summed E-state index contributed by atoms with van der Waals surface area (Å²) in [5.74, 6) is 0.617. The lowest BCUT2D eigenvalue weighted by molar-refractivity contribution is 0.266. The van der Waals surface area contributed by atoms with E-state index in [4.69, 9.17) is 33.3 Å². The first kappa shape index (κ1) is 18.9. The number of hydrogen-bond donors (Lipinski definition) is 0. The molecule has 0 spiro atoms. The van der Waals surface area contributed by atoms with Crippen molar-refractivity contribution in [2.24, 2.45) is 0 Å². The normalized spacial score (nSPS) is 13.7. The molecule has 1 aliphatic heterocycles. The van der Waals surface area contributed by atoms with E-state index in [1.54, 1.807) is 24.3 Å². The highest BCUT2D eigenvalue weighted by Gasteiger charge is 2.20. The van der Waals surface area contributed by atoms with Crippen LogP contribution in [0.15, 0.2) is 36.4 Å². The lowest BCUT2D eigenvalue weighted by atomic mass is 10.1. The first-order valence-corrected chi connectivity index (χ1v) is 9.50. The number of nitrogens with zero attached hydrogens (tertiary/aromatic N) is 1. The Labute approximate surface area is 163 Å². The third-order valence-corrected chi connectivity index (χ3v) is 5.05. The van der Waals surface area contributed by atoms with Crippen LogP contribution in [0, 0.1) is 5.82 Å². The SMILES string of the molecule is CCOc1cc(C(=S)N2CCCC2)cc(Cl)c1OCc1ccccc1F. The van der Waals surface area contributed by atoms with Gasteiger partial charge in [0, 0.05) is 24.2 Å². The fourth-order valence-corrected chi connectivity index (χ4v) is 3.53. The van der Waals surface area contributed by atoms with Gasteiger partial charge in [0.15, 0.2) is 11.5 Å². The predicted octanol–water partition coefficient (Wildman–Crippen LogP) is 5.23. The van der Waals surface area contributed by atoms with Crippen LogP contribution in [0.5, 0.6) is 11.5 Å². The summed E-state index contributed by atoms with van der Waals surface area (Å²) in [6, 6.07) is 10.1. The average molecular weight is 394 g/mol. The van der Waals surface area contributed by atoms with Crippen LogP contribution < -0.4 is 9.47 Å². The van der Waals surface area contributed by atoms with Crippen LogP contribution in [0.1, 0.15) is 30.9 Å². The van der Waals surface area contributed by atoms with E-state index in [-0.39, 0.29) is 12.4 Å². The van der Waals surface area contributed by atoms with Crippen molar-refractivity contribution in [3.63, 3.8) is 0 Å². The second-order valence-corrected chi connectivity index (χ2v) is 6.89. The second-order valence-electron chi connectivity index (χ2n) is 6.10. The minimum absolute atomic E-state index is 0.0718. The van der Waals surface area contributed by atoms with E-state index in [0.717, 1.165) is 36.5 Å². The third-order valence-electron chi connectivity index (χ3n) is 4.28. The highest BCUT2D eigenvalue weighted by atomic mass is 35.5. The molecular weight excluding hydrogens is 373 g/mol. The number of hydrogen-bond acceptors (Lipinski definition) is 3. The van der Waals surface area contributed by atoms with E-state index in [1.165, 1.54) is 6.07 Å². The third kappa shape index (κ3) is 4.27. The standard InChI is InChI=1S/C20H21ClFNO2S/c1-2-24-18-12-15(20(26)23-9-5-6-10-23)11-16(21)19(18)25-13-14-7-3-4-8-17(14)22/h3-4,7-8,11-12H,2,5-6,9-10,13H2,1H3. The summed E-state index contributed by atoms with van der Waals surface area (Å²) in [7, 11) is 0. The Balaban J connectivity index is 1.84. The van der Waals surface area contributed by atoms with Gasteiger partial charge in [0.2, 0.25) is 0 Å². The molecule has 0 radical (unpaired) electrons. The molecule has 1 aliphatic rings. The van der Waals surface area contributed by atoms with Gasteiger partial charge in [-0.2, -0.15) is 0 Å². The molecule has 0 atom stereocenters.